The van der Waals surface area contributed by atoms with Crippen molar-refractivity contribution in [2.45, 2.75) is 62.9 Å². The molecule has 5 unspecified atom stereocenters. The van der Waals surface area contributed by atoms with Crippen molar-refractivity contribution in [3.8, 4) is 0 Å². The quantitative estimate of drug-likeness (QED) is 0.115. The van der Waals surface area contributed by atoms with Gasteiger partial charge in [0.25, 0.3) is 0 Å². The number of hydrogen-bond acceptors (Lipinski definition) is 8. The fourth-order valence-electron chi connectivity index (χ4n) is 3.75. The van der Waals surface area contributed by atoms with Gasteiger partial charge < -0.3 is 47.7 Å². The van der Waals surface area contributed by atoms with Gasteiger partial charge in [-0.2, -0.15) is 0 Å². The number of aliphatic hydroxyl groups is 1. The number of rotatable bonds is 15. The number of H-pyrrole nitrogens is 1. The molecule has 15 nitrogen and oxygen atoms in total. The van der Waals surface area contributed by atoms with Gasteiger partial charge in [-0.1, -0.05) is 18.2 Å². The highest BCUT2D eigenvalue weighted by molar-refractivity contribution is 5.95. The number of nitrogens with two attached hydrogens (primary N) is 2. The number of benzene rings is 1. The molecule has 1 aromatic carbocycles. The standard InChI is InChI=1S/C24H32N6O9/c1-11(31)20(23(37)28-16(24(38)39)6-7-18(26)32)30-22(36)17(29-21(35)14(25)9-19(33)34)8-12-10-27-15-5-3-2-4-13(12)15/h2-5,10-11,14,16-17,20,27,31H,6-9,25H2,1H3,(H2,26,32)(H,28,37)(H,29,35)(H,30,36)(H,33,34)(H,38,39). The second kappa shape index (κ2) is 13.9. The molecule has 0 radical (unpaired) electrons. The number of carboxylic acid groups (broad SMARTS) is 2. The Balaban J connectivity index is 2.27. The number of carbonyl (C=O) groups excluding carboxylic acids is 4. The number of nitrogens with one attached hydrogen (secondary N) is 4. The Labute approximate surface area is 222 Å². The number of aromatic nitrogens is 1. The molecule has 11 N–H and O–H groups in total. The van der Waals surface area contributed by atoms with E-state index in [-0.39, 0.29) is 19.3 Å². The Bertz CT molecular complexity index is 1230. The summed E-state index contributed by atoms with van der Waals surface area (Å²) in [6.07, 6.45) is -1.35. The fourth-order valence-corrected chi connectivity index (χ4v) is 3.75. The largest absolute Gasteiger partial charge is 0.481 e. The summed E-state index contributed by atoms with van der Waals surface area (Å²) < 4.78 is 0. The lowest BCUT2D eigenvalue weighted by Crippen LogP contribution is -2.60. The van der Waals surface area contributed by atoms with Crippen molar-refractivity contribution in [1.82, 2.24) is 20.9 Å². The summed E-state index contributed by atoms with van der Waals surface area (Å²) >= 11 is 0. The average molecular weight is 549 g/mol. The Kier molecular flexibility index (Phi) is 10.9. The highest BCUT2D eigenvalue weighted by atomic mass is 16.4. The first kappa shape index (κ1) is 30.7. The van der Waals surface area contributed by atoms with E-state index < -0.39 is 72.3 Å². The van der Waals surface area contributed by atoms with Crippen molar-refractivity contribution in [2.75, 3.05) is 0 Å². The zero-order valence-corrected chi connectivity index (χ0v) is 21.0. The second-order valence-electron chi connectivity index (χ2n) is 8.96. The molecular weight excluding hydrogens is 516 g/mol. The van der Waals surface area contributed by atoms with Crippen LogP contribution < -0.4 is 27.4 Å². The van der Waals surface area contributed by atoms with Gasteiger partial charge >= 0.3 is 11.9 Å². The summed E-state index contributed by atoms with van der Waals surface area (Å²) in [6.45, 7) is 1.18. The maximum absolute atomic E-state index is 13.3. The number of primary amides is 1. The molecule has 0 saturated carbocycles. The Hall–Kier alpha value is -4.50. The molecule has 0 bridgehead atoms. The van der Waals surface area contributed by atoms with Crippen molar-refractivity contribution in [3.63, 3.8) is 0 Å². The van der Waals surface area contributed by atoms with Crippen molar-refractivity contribution in [1.29, 1.82) is 0 Å². The van der Waals surface area contributed by atoms with E-state index in [0.717, 1.165) is 10.9 Å². The minimum Gasteiger partial charge on any atom is -0.481 e. The minimum absolute atomic E-state index is 0.105. The van der Waals surface area contributed by atoms with E-state index in [0.29, 0.717) is 5.56 Å². The first-order valence-electron chi connectivity index (χ1n) is 11.9. The van der Waals surface area contributed by atoms with Gasteiger partial charge in [-0.25, -0.2) is 4.79 Å². The molecule has 1 aromatic heterocycles. The van der Waals surface area contributed by atoms with Gasteiger partial charge in [-0.05, 0) is 25.0 Å². The van der Waals surface area contributed by atoms with E-state index in [2.05, 4.69) is 20.9 Å². The molecule has 0 fully saturated rings. The van der Waals surface area contributed by atoms with Crippen molar-refractivity contribution < 1.29 is 44.1 Å². The Morgan fingerprint density at radius 2 is 1.59 bits per heavy atom. The van der Waals surface area contributed by atoms with Crippen molar-refractivity contribution in [3.05, 3.63) is 36.0 Å². The van der Waals surface area contributed by atoms with Crippen LogP contribution >= 0.6 is 0 Å². The van der Waals surface area contributed by atoms with Gasteiger partial charge in [0.1, 0.15) is 18.1 Å². The third-order valence-corrected chi connectivity index (χ3v) is 5.82. The summed E-state index contributed by atoms with van der Waals surface area (Å²) in [7, 11) is 0. The average Bonchev–Trinajstić information content (AvgIpc) is 3.26. The van der Waals surface area contributed by atoms with Gasteiger partial charge in [0, 0.05) is 29.9 Å². The summed E-state index contributed by atoms with van der Waals surface area (Å²) in [6, 6.07) is 1.11. The molecule has 15 heteroatoms. The molecule has 0 aliphatic carbocycles. The number of hydrogen-bond donors (Lipinski definition) is 9. The predicted molar refractivity (Wildman–Crippen MR) is 136 cm³/mol. The molecular formula is C24H32N6O9. The molecule has 0 aliphatic heterocycles. The van der Waals surface area contributed by atoms with E-state index in [1.54, 1.807) is 30.5 Å². The monoisotopic (exact) mass is 548 g/mol. The number of fused-ring (bicyclic) bond motifs is 1. The van der Waals surface area contributed by atoms with E-state index in [1.807, 2.05) is 0 Å². The van der Waals surface area contributed by atoms with Crippen LogP contribution in [0.5, 0.6) is 0 Å². The maximum atomic E-state index is 13.3. The molecule has 0 aliphatic rings. The number of carbonyl (C=O) groups is 6. The molecule has 0 saturated heterocycles. The second-order valence-corrected chi connectivity index (χ2v) is 8.96. The summed E-state index contributed by atoms with van der Waals surface area (Å²) in [4.78, 5) is 75.2. The first-order chi connectivity index (χ1) is 18.3. The fraction of sp³-hybridized carbons (Fsp3) is 0.417. The van der Waals surface area contributed by atoms with Crippen LogP contribution in [0.4, 0.5) is 0 Å². The van der Waals surface area contributed by atoms with Crippen molar-refractivity contribution >= 4 is 46.5 Å². The van der Waals surface area contributed by atoms with Crippen LogP contribution in [0.3, 0.4) is 0 Å². The van der Waals surface area contributed by atoms with Gasteiger partial charge in [-0.15, -0.1) is 0 Å². The molecule has 39 heavy (non-hydrogen) atoms. The number of para-hydroxylation sites is 1. The lowest BCUT2D eigenvalue weighted by molar-refractivity contribution is -0.143. The van der Waals surface area contributed by atoms with Gasteiger partial charge in [-0.3, -0.25) is 24.0 Å². The SMILES string of the molecule is CC(O)C(NC(=O)C(Cc1c[nH]c2ccccc12)NC(=O)C(N)CC(=O)O)C(=O)NC(CCC(N)=O)C(=O)O. The van der Waals surface area contributed by atoms with Crippen LogP contribution in [0, 0.1) is 0 Å². The third-order valence-electron chi connectivity index (χ3n) is 5.82. The van der Waals surface area contributed by atoms with Crippen LogP contribution in [0.1, 0.15) is 31.7 Å². The maximum Gasteiger partial charge on any atom is 0.326 e. The lowest BCUT2D eigenvalue weighted by atomic mass is 10.0. The number of amides is 4. The van der Waals surface area contributed by atoms with Crippen LogP contribution in [0.15, 0.2) is 30.5 Å². The number of aromatic amines is 1. The smallest absolute Gasteiger partial charge is 0.326 e. The molecule has 2 aromatic rings. The molecule has 2 rings (SSSR count). The zero-order chi connectivity index (χ0) is 29.3. The van der Waals surface area contributed by atoms with Gasteiger partial charge in [0.05, 0.1) is 18.6 Å². The first-order valence-corrected chi connectivity index (χ1v) is 11.9. The molecule has 212 valence electrons. The van der Waals surface area contributed by atoms with E-state index >= 15 is 0 Å². The topological polar surface area (TPSA) is 267 Å². The highest BCUT2D eigenvalue weighted by Crippen LogP contribution is 2.19. The molecule has 5 atom stereocenters. The van der Waals surface area contributed by atoms with E-state index in [4.69, 9.17) is 16.6 Å². The Morgan fingerprint density at radius 1 is 0.949 bits per heavy atom. The summed E-state index contributed by atoms with van der Waals surface area (Å²) in [5, 5.41) is 36.0. The van der Waals surface area contributed by atoms with Gasteiger partial charge in [0.2, 0.25) is 23.6 Å². The predicted octanol–water partition coefficient (Wildman–Crippen LogP) is -2.30. The van der Waals surface area contributed by atoms with Crippen molar-refractivity contribution in [2.24, 2.45) is 11.5 Å². The normalized spacial score (nSPS) is 14.8. The summed E-state index contributed by atoms with van der Waals surface area (Å²) in [5.74, 6) is -6.50. The van der Waals surface area contributed by atoms with Crippen LogP contribution in [0.25, 0.3) is 10.9 Å². The number of carboxylic acids is 2. The van der Waals surface area contributed by atoms with E-state index in [1.165, 1.54) is 6.92 Å². The lowest BCUT2D eigenvalue weighted by Gasteiger charge is -2.26. The highest BCUT2D eigenvalue weighted by Gasteiger charge is 2.33. The molecule has 4 amide bonds. The number of aliphatic hydroxyl groups excluding tert-OH is 1. The van der Waals surface area contributed by atoms with Gasteiger partial charge in [0.15, 0.2) is 0 Å². The van der Waals surface area contributed by atoms with E-state index in [9.17, 15) is 39.0 Å². The Morgan fingerprint density at radius 3 is 2.18 bits per heavy atom. The molecule has 0 spiro atoms. The minimum atomic E-state index is -1.65. The zero-order valence-electron chi connectivity index (χ0n) is 21.0. The van der Waals surface area contributed by atoms with Crippen LogP contribution in [-0.4, -0.2) is 86.1 Å². The number of aliphatic carboxylic acids is 2. The van der Waals surface area contributed by atoms with Crippen LogP contribution in [-0.2, 0) is 35.2 Å². The third kappa shape index (κ3) is 9.08. The van der Waals surface area contributed by atoms with Crippen LogP contribution in [0.2, 0.25) is 0 Å². The summed E-state index contributed by atoms with van der Waals surface area (Å²) in [5.41, 5.74) is 12.0. The molecule has 1 heterocycles.